The molecular weight excluding hydrogens is 224 g/mol. The summed E-state index contributed by atoms with van der Waals surface area (Å²) >= 11 is 0. The van der Waals surface area contributed by atoms with Crippen molar-refractivity contribution in [2.75, 3.05) is 11.4 Å². The first-order valence-electron chi connectivity index (χ1n) is 6.98. The summed E-state index contributed by atoms with van der Waals surface area (Å²) in [6, 6.07) is 2.81. The molecule has 2 aromatic rings. The van der Waals surface area contributed by atoms with Crippen LogP contribution in [0.5, 0.6) is 0 Å². The van der Waals surface area contributed by atoms with Gasteiger partial charge in [-0.15, -0.1) is 0 Å². The van der Waals surface area contributed by atoms with Crippen molar-refractivity contribution in [3.05, 3.63) is 18.6 Å². The van der Waals surface area contributed by atoms with E-state index < -0.39 is 0 Å². The maximum Gasteiger partial charge on any atom is 0.142 e. The molecule has 1 saturated heterocycles. The molecule has 0 bridgehead atoms. The largest absolute Gasteiger partial charge is 0.353 e. The quantitative estimate of drug-likeness (QED) is 0.836. The van der Waals surface area contributed by atoms with E-state index in [2.05, 4.69) is 25.9 Å². The van der Waals surface area contributed by atoms with E-state index in [1.807, 2.05) is 6.20 Å². The summed E-state index contributed by atoms with van der Waals surface area (Å²) in [5.74, 6) is 2.03. The van der Waals surface area contributed by atoms with Crippen LogP contribution in [0.3, 0.4) is 0 Å². The van der Waals surface area contributed by atoms with E-state index >= 15 is 0 Å². The van der Waals surface area contributed by atoms with Crippen LogP contribution >= 0.6 is 0 Å². The summed E-state index contributed by atoms with van der Waals surface area (Å²) < 4.78 is 0. The first-order chi connectivity index (χ1) is 8.93. The first-order valence-corrected chi connectivity index (χ1v) is 6.98. The van der Waals surface area contributed by atoms with Gasteiger partial charge < -0.3 is 9.88 Å². The van der Waals surface area contributed by atoms with Crippen LogP contribution in [0.15, 0.2) is 18.6 Å². The van der Waals surface area contributed by atoms with Crippen molar-refractivity contribution >= 4 is 16.9 Å². The number of anilines is 1. The zero-order chi connectivity index (χ0) is 11.9. The number of hydrogen-bond acceptors (Lipinski definition) is 3. The second kappa shape index (κ2) is 3.97. The fourth-order valence-corrected chi connectivity index (χ4v) is 3.76. The molecule has 0 amide bonds. The topological polar surface area (TPSA) is 44.8 Å². The van der Waals surface area contributed by atoms with Gasteiger partial charge in [0.05, 0.1) is 5.39 Å². The van der Waals surface area contributed by atoms with Crippen molar-refractivity contribution in [2.24, 2.45) is 5.92 Å². The third kappa shape index (κ3) is 1.44. The van der Waals surface area contributed by atoms with Gasteiger partial charge in [0.25, 0.3) is 0 Å². The predicted octanol–water partition coefficient (Wildman–Crippen LogP) is 2.73. The molecule has 2 atom stereocenters. The van der Waals surface area contributed by atoms with Crippen LogP contribution in [0, 0.1) is 5.92 Å². The van der Waals surface area contributed by atoms with E-state index in [1.54, 1.807) is 6.33 Å². The molecule has 0 aromatic carbocycles. The molecule has 1 N–H and O–H groups in total. The second-order valence-corrected chi connectivity index (χ2v) is 5.53. The minimum Gasteiger partial charge on any atom is -0.353 e. The summed E-state index contributed by atoms with van der Waals surface area (Å²) in [5.41, 5.74) is 0.958. The lowest BCUT2D eigenvalue weighted by atomic mass is 9.85. The van der Waals surface area contributed by atoms with Gasteiger partial charge in [0.15, 0.2) is 0 Å². The van der Waals surface area contributed by atoms with Gasteiger partial charge in [0.2, 0.25) is 0 Å². The molecule has 18 heavy (non-hydrogen) atoms. The molecule has 4 nitrogen and oxygen atoms in total. The number of H-pyrrole nitrogens is 1. The summed E-state index contributed by atoms with van der Waals surface area (Å²) in [5, 5.41) is 1.17. The second-order valence-electron chi connectivity index (χ2n) is 5.53. The standard InChI is InChI=1S/C14H18N4/c1-2-4-12-10(3-1)6-8-18(12)14-11-5-7-15-13(11)16-9-17-14/h5,7,9-10,12H,1-4,6,8H2,(H,15,16,17)/t10?,12-/m1/s1. The van der Waals surface area contributed by atoms with Gasteiger partial charge in [0, 0.05) is 18.8 Å². The van der Waals surface area contributed by atoms with Gasteiger partial charge >= 0.3 is 0 Å². The maximum atomic E-state index is 4.55. The van der Waals surface area contributed by atoms with Gasteiger partial charge in [-0.1, -0.05) is 12.8 Å². The molecule has 1 aliphatic heterocycles. The van der Waals surface area contributed by atoms with Gasteiger partial charge in [-0.2, -0.15) is 0 Å². The molecule has 1 saturated carbocycles. The van der Waals surface area contributed by atoms with Crippen LogP contribution in [0.4, 0.5) is 5.82 Å². The van der Waals surface area contributed by atoms with Crippen LogP contribution in [0.1, 0.15) is 32.1 Å². The Morgan fingerprint density at radius 2 is 2.11 bits per heavy atom. The lowest BCUT2D eigenvalue weighted by Crippen LogP contribution is -2.35. The zero-order valence-electron chi connectivity index (χ0n) is 10.5. The molecule has 94 valence electrons. The molecule has 1 aliphatic carbocycles. The van der Waals surface area contributed by atoms with Crippen molar-refractivity contribution in [3.63, 3.8) is 0 Å². The van der Waals surface area contributed by atoms with E-state index in [1.165, 1.54) is 37.5 Å². The third-order valence-corrected chi connectivity index (χ3v) is 4.62. The van der Waals surface area contributed by atoms with Crippen LogP contribution in [-0.4, -0.2) is 27.5 Å². The summed E-state index contributed by atoms with van der Waals surface area (Å²) in [7, 11) is 0. The predicted molar refractivity (Wildman–Crippen MR) is 71.6 cm³/mol. The van der Waals surface area contributed by atoms with Crippen LogP contribution in [0.25, 0.3) is 11.0 Å². The number of aromatic amines is 1. The van der Waals surface area contributed by atoms with E-state index in [9.17, 15) is 0 Å². The Balaban J connectivity index is 1.76. The van der Waals surface area contributed by atoms with Gasteiger partial charge in [-0.3, -0.25) is 0 Å². The van der Waals surface area contributed by atoms with Crippen LogP contribution < -0.4 is 4.90 Å². The lowest BCUT2D eigenvalue weighted by molar-refractivity contribution is 0.341. The smallest absolute Gasteiger partial charge is 0.142 e. The maximum absolute atomic E-state index is 4.55. The van der Waals surface area contributed by atoms with E-state index in [4.69, 9.17) is 0 Å². The molecular formula is C14H18N4. The minimum atomic E-state index is 0.715. The Labute approximate surface area is 106 Å². The first kappa shape index (κ1) is 10.4. The Bertz CT molecular complexity index is 562. The summed E-state index contributed by atoms with van der Waals surface area (Å²) in [6.45, 7) is 1.16. The van der Waals surface area contributed by atoms with Gasteiger partial charge in [0.1, 0.15) is 17.8 Å². The van der Waals surface area contributed by atoms with E-state index in [0.717, 1.165) is 23.9 Å². The number of nitrogens with one attached hydrogen (secondary N) is 1. The Hall–Kier alpha value is -1.58. The fraction of sp³-hybridized carbons (Fsp3) is 0.571. The highest BCUT2D eigenvalue weighted by molar-refractivity contribution is 5.87. The lowest BCUT2D eigenvalue weighted by Gasteiger charge is -2.32. The van der Waals surface area contributed by atoms with Gasteiger partial charge in [-0.25, -0.2) is 9.97 Å². The minimum absolute atomic E-state index is 0.715. The molecule has 2 aromatic heterocycles. The Kier molecular flexibility index (Phi) is 2.28. The van der Waals surface area contributed by atoms with Crippen molar-refractivity contribution in [1.82, 2.24) is 15.0 Å². The third-order valence-electron chi connectivity index (χ3n) is 4.62. The summed E-state index contributed by atoms with van der Waals surface area (Å²) in [6.07, 6.45) is 10.5. The number of fused-ring (bicyclic) bond motifs is 2. The zero-order valence-corrected chi connectivity index (χ0v) is 10.5. The van der Waals surface area contributed by atoms with Crippen molar-refractivity contribution in [2.45, 2.75) is 38.1 Å². The summed E-state index contributed by atoms with van der Waals surface area (Å²) in [4.78, 5) is 14.5. The van der Waals surface area contributed by atoms with Crippen molar-refractivity contribution in [1.29, 1.82) is 0 Å². The highest BCUT2D eigenvalue weighted by Gasteiger charge is 2.36. The normalized spacial score (nSPS) is 27.7. The van der Waals surface area contributed by atoms with E-state index in [-0.39, 0.29) is 0 Å². The molecule has 2 fully saturated rings. The fourth-order valence-electron chi connectivity index (χ4n) is 3.76. The number of hydrogen-bond donors (Lipinski definition) is 1. The highest BCUT2D eigenvalue weighted by Crippen LogP contribution is 2.39. The van der Waals surface area contributed by atoms with Crippen LogP contribution in [0.2, 0.25) is 0 Å². The van der Waals surface area contributed by atoms with E-state index in [0.29, 0.717) is 6.04 Å². The van der Waals surface area contributed by atoms with Crippen LogP contribution in [-0.2, 0) is 0 Å². The number of rotatable bonds is 1. The Morgan fingerprint density at radius 3 is 3.11 bits per heavy atom. The number of aromatic nitrogens is 3. The van der Waals surface area contributed by atoms with Crippen molar-refractivity contribution in [3.8, 4) is 0 Å². The monoisotopic (exact) mass is 242 g/mol. The Morgan fingerprint density at radius 1 is 1.17 bits per heavy atom. The SMILES string of the molecule is c1nc(N2CCC3CCCC[C@H]32)c2cc[nH]c2n1. The molecule has 2 aliphatic rings. The average Bonchev–Trinajstić information content (AvgIpc) is 3.05. The average molecular weight is 242 g/mol. The molecule has 0 radical (unpaired) electrons. The molecule has 3 heterocycles. The van der Waals surface area contributed by atoms with Gasteiger partial charge in [-0.05, 0) is 31.2 Å². The number of nitrogens with zero attached hydrogens (tertiary/aromatic N) is 3. The molecule has 4 rings (SSSR count). The van der Waals surface area contributed by atoms with Crippen molar-refractivity contribution < 1.29 is 0 Å². The highest BCUT2D eigenvalue weighted by atomic mass is 15.2. The molecule has 4 heteroatoms. The molecule has 0 spiro atoms. The molecule has 1 unspecified atom stereocenters.